The van der Waals surface area contributed by atoms with Crippen LogP contribution in [0.25, 0.3) is 0 Å². The Labute approximate surface area is 78.9 Å². The van der Waals surface area contributed by atoms with Crippen LogP contribution in [-0.2, 0) is 0 Å². The lowest BCUT2D eigenvalue weighted by Crippen LogP contribution is -2.00. The topological polar surface area (TPSA) is 39.2 Å². The van der Waals surface area contributed by atoms with E-state index in [-0.39, 0.29) is 5.78 Å². The number of hydrogen-bond acceptors (Lipinski definition) is 3. The molecular weight excluding hydrogens is 222 g/mol. The van der Waals surface area contributed by atoms with Crippen LogP contribution < -0.4 is 4.74 Å². The predicted molar refractivity (Wildman–Crippen MR) is 48.9 cm³/mol. The molecule has 0 saturated heterocycles. The number of alkyl halides is 1. The number of pyridine rings is 1. The second-order valence-electron chi connectivity index (χ2n) is 2.17. The third kappa shape index (κ3) is 2.04. The van der Waals surface area contributed by atoms with Crippen LogP contribution in [0.3, 0.4) is 0 Å². The van der Waals surface area contributed by atoms with Crippen molar-refractivity contribution >= 4 is 21.7 Å². The fourth-order valence-corrected chi connectivity index (χ4v) is 1.08. The summed E-state index contributed by atoms with van der Waals surface area (Å²) in [6.45, 7) is 0. The molecule has 3 nitrogen and oxygen atoms in total. The number of methoxy groups -OCH3 is 1. The minimum Gasteiger partial charge on any atom is -0.495 e. The summed E-state index contributed by atoms with van der Waals surface area (Å²) in [6, 6.07) is 1.66. The Morgan fingerprint density at radius 3 is 3.00 bits per heavy atom. The van der Waals surface area contributed by atoms with Crippen LogP contribution in [0.1, 0.15) is 10.4 Å². The zero-order valence-electron chi connectivity index (χ0n) is 6.58. The molecule has 1 heterocycles. The van der Waals surface area contributed by atoms with Crippen molar-refractivity contribution in [3.63, 3.8) is 0 Å². The number of hydrogen-bond donors (Lipinski definition) is 0. The normalized spacial score (nSPS) is 9.50. The van der Waals surface area contributed by atoms with E-state index in [0.717, 1.165) is 0 Å². The number of nitrogens with zero attached hydrogens (tertiary/aromatic N) is 1. The Kier molecular flexibility index (Phi) is 3.22. The van der Waals surface area contributed by atoms with Crippen molar-refractivity contribution in [3.05, 3.63) is 24.0 Å². The highest BCUT2D eigenvalue weighted by molar-refractivity contribution is 9.09. The van der Waals surface area contributed by atoms with E-state index < -0.39 is 0 Å². The van der Waals surface area contributed by atoms with Crippen LogP contribution in [-0.4, -0.2) is 23.2 Å². The smallest absolute Gasteiger partial charge is 0.175 e. The minimum absolute atomic E-state index is 0.00130. The number of rotatable bonds is 3. The van der Waals surface area contributed by atoms with E-state index in [1.54, 1.807) is 19.4 Å². The van der Waals surface area contributed by atoms with Crippen LogP contribution in [0.5, 0.6) is 5.75 Å². The first-order chi connectivity index (χ1) is 5.77. The lowest BCUT2D eigenvalue weighted by molar-refractivity contribution is 0.102. The maximum atomic E-state index is 11.1. The molecular formula is C8H8BrNO2. The average Bonchev–Trinajstić information content (AvgIpc) is 2.17. The molecule has 4 heteroatoms. The van der Waals surface area contributed by atoms with Crippen molar-refractivity contribution < 1.29 is 9.53 Å². The second kappa shape index (κ2) is 4.21. The van der Waals surface area contributed by atoms with Crippen molar-refractivity contribution in [2.24, 2.45) is 0 Å². The third-order valence-electron chi connectivity index (χ3n) is 1.39. The molecule has 12 heavy (non-hydrogen) atoms. The highest BCUT2D eigenvalue weighted by Gasteiger charge is 2.04. The van der Waals surface area contributed by atoms with Crippen molar-refractivity contribution in [1.82, 2.24) is 4.98 Å². The lowest BCUT2D eigenvalue weighted by atomic mass is 10.2. The molecule has 0 bridgehead atoms. The first kappa shape index (κ1) is 9.19. The summed E-state index contributed by atoms with van der Waals surface area (Å²) >= 11 is 3.08. The zero-order chi connectivity index (χ0) is 8.97. The Balaban J connectivity index is 2.93. The summed E-state index contributed by atoms with van der Waals surface area (Å²) in [4.78, 5) is 15.0. The lowest BCUT2D eigenvalue weighted by Gasteiger charge is -2.00. The number of halogens is 1. The molecule has 0 aliphatic rings. The monoisotopic (exact) mass is 229 g/mol. The molecule has 1 rings (SSSR count). The quantitative estimate of drug-likeness (QED) is 0.585. The molecule has 1 aromatic heterocycles. The molecule has 0 spiro atoms. The van der Waals surface area contributed by atoms with Gasteiger partial charge in [0.15, 0.2) is 5.78 Å². The Hall–Kier alpha value is -0.900. The van der Waals surface area contributed by atoms with E-state index in [1.165, 1.54) is 6.20 Å². The van der Waals surface area contributed by atoms with E-state index in [2.05, 4.69) is 20.9 Å². The fourth-order valence-electron chi connectivity index (χ4n) is 0.760. The highest BCUT2D eigenvalue weighted by Crippen LogP contribution is 2.11. The molecule has 0 unspecified atom stereocenters. The summed E-state index contributed by atoms with van der Waals surface area (Å²) in [5.41, 5.74) is 0.561. The van der Waals surface area contributed by atoms with Gasteiger partial charge in [-0.2, -0.15) is 0 Å². The van der Waals surface area contributed by atoms with Gasteiger partial charge in [0.1, 0.15) is 5.75 Å². The zero-order valence-corrected chi connectivity index (χ0v) is 8.17. The Morgan fingerprint density at radius 2 is 2.42 bits per heavy atom. The van der Waals surface area contributed by atoms with Crippen molar-refractivity contribution in [3.8, 4) is 5.75 Å². The molecule has 0 amide bonds. The van der Waals surface area contributed by atoms with Gasteiger partial charge in [-0.05, 0) is 6.07 Å². The summed E-state index contributed by atoms with van der Waals surface area (Å²) in [5, 5.41) is 0.307. The maximum Gasteiger partial charge on any atom is 0.175 e. The average molecular weight is 230 g/mol. The molecule has 64 valence electrons. The molecule has 0 aliphatic carbocycles. The summed E-state index contributed by atoms with van der Waals surface area (Å²) in [5.74, 6) is 0.600. The number of aromatic nitrogens is 1. The maximum absolute atomic E-state index is 11.1. The predicted octanol–water partition coefficient (Wildman–Crippen LogP) is 1.67. The number of carbonyl (C=O) groups is 1. The molecule has 0 radical (unpaired) electrons. The molecule has 0 aliphatic heterocycles. The Morgan fingerprint density at radius 1 is 1.67 bits per heavy atom. The SMILES string of the molecule is COc1cncc(C(=O)CBr)c1. The molecule has 0 atom stereocenters. The molecule has 0 N–H and O–H groups in total. The minimum atomic E-state index is 0.00130. The first-order valence-corrected chi connectivity index (χ1v) is 4.48. The van der Waals surface area contributed by atoms with Crippen LogP contribution in [0.2, 0.25) is 0 Å². The number of Topliss-reactive ketones (excluding diaryl/α,β-unsaturated/α-hetero) is 1. The van der Waals surface area contributed by atoms with E-state index in [1.807, 2.05) is 0 Å². The largest absolute Gasteiger partial charge is 0.495 e. The van der Waals surface area contributed by atoms with Crippen molar-refractivity contribution in [2.45, 2.75) is 0 Å². The van der Waals surface area contributed by atoms with Crippen molar-refractivity contribution in [1.29, 1.82) is 0 Å². The van der Waals surface area contributed by atoms with Crippen LogP contribution in [0, 0.1) is 0 Å². The highest BCUT2D eigenvalue weighted by atomic mass is 79.9. The molecule has 0 saturated carbocycles. The van der Waals surface area contributed by atoms with Crippen LogP contribution >= 0.6 is 15.9 Å². The fraction of sp³-hybridized carbons (Fsp3) is 0.250. The van der Waals surface area contributed by atoms with Gasteiger partial charge in [0.2, 0.25) is 0 Å². The van der Waals surface area contributed by atoms with Gasteiger partial charge < -0.3 is 4.74 Å². The summed E-state index contributed by atoms with van der Waals surface area (Å²) in [7, 11) is 1.54. The number of ether oxygens (including phenoxy) is 1. The number of ketones is 1. The Bertz CT molecular complexity index is 288. The number of carbonyl (C=O) groups excluding carboxylic acids is 1. The van der Waals surface area contributed by atoms with Gasteiger partial charge in [0.05, 0.1) is 18.6 Å². The van der Waals surface area contributed by atoms with Crippen LogP contribution in [0.4, 0.5) is 0 Å². The second-order valence-corrected chi connectivity index (χ2v) is 2.73. The first-order valence-electron chi connectivity index (χ1n) is 3.36. The van der Waals surface area contributed by atoms with E-state index >= 15 is 0 Å². The third-order valence-corrected chi connectivity index (χ3v) is 1.90. The van der Waals surface area contributed by atoms with Crippen LogP contribution in [0.15, 0.2) is 18.5 Å². The standard InChI is InChI=1S/C8H8BrNO2/c1-12-7-2-6(4-10-5-7)8(11)3-9/h2,4-5H,3H2,1H3. The van der Waals surface area contributed by atoms with Gasteiger partial charge in [-0.1, -0.05) is 15.9 Å². The molecule has 0 fully saturated rings. The molecule has 1 aromatic rings. The van der Waals surface area contributed by atoms with Gasteiger partial charge >= 0.3 is 0 Å². The summed E-state index contributed by atoms with van der Waals surface area (Å²) in [6.07, 6.45) is 3.08. The van der Waals surface area contributed by atoms with Gasteiger partial charge in [-0.25, -0.2) is 0 Å². The van der Waals surface area contributed by atoms with Gasteiger partial charge in [-0.3, -0.25) is 9.78 Å². The van der Waals surface area contributed by atoms with Gasteiger partial charge in [0.25, 0.3) is 0 Å². The van der Waals surface area contributed by atoms with Gasteiger partial charge in [0, 0.05) is 11.8 Å². The van der Waals surface area contributed by atoms with E-state index in [0.29, 0.717) is 16.6 Å². The summed E-state index contributed by atoms with van der Waals surface area (Å²) < 4.78 is 4.92. The molecule has 0 aromatic carbocycles. The van der Waals surface area contributed by atoms with E-state index in [9.17, 15) is 4.79 Å². The van der Waals surface area contributed by atoms with Crippen molar-refractivity contribution in [2.75, 3.05) is 12.4 Å². The van der Waals surface area contributed by atoms with Gasteiger partial charge in [-0.15, -0.1) is 0 Å². The van der Waals surface area contributed by atoms with E-state index in [4.69, 9.17) is 4.74 Å².